The lowest BCUT2D eigenvalue weighted by atomic mass is 10.0. The molecule has 2 aromatic rings. The van der Waals surface area contributed by atoms with Gasteiger partial charge in [0.25, 0.3) is 0 Å². The summed E-state index contributed by atoms with van der Waals surface area (Å²) < 4.78 is 5.48. The molecule has 1 N–H and O–H groups in total. The minimum absolute atomic E-state index is 0.260. The van der Waals surface area contributed by atoms with Crippen LogP contribution < -0.4 is 5.32 Å². The third-order valence-corrected chi connectivity index (χ3v) is 4.86. The Hall–Kier alpha value is -0.980. The molecule has 0 spiro atoms. The molecule has 1 aromatic heterocycles. The number of hydrogen-bond donors (Lipinski definition) is 1. The average molecular weight is 338 g/mol. The summed E-state index contributed by atoms with van der Waals surface area (Å²) in [4.78, 5) is 6.76. The van der Waals surface area contributed by atoms with Crippen molar-refractivity contribution in [1.29, 1.82) is 0 Å². The van der Waals surface area contributed by atoms with Crippen LogP contribution in [0.2, 0.25) is 5.02 Å². The van der Waals surface area contributed by atoms with Crippen molar-refractivity contribution >= 4 is 22.9 Å². The van der Waals surface area contributed by atoms with E-state index < -0.39 is 0 Å². The maximum atomic E-state index is 6.42. The van der Waals surface area contributed by atoms with Gasteiger partial charge in [-0.1, -0.05) is 29.8 Å². The molecule has 0 bridgehead atoms. The molecule has 0 amide bonds. The fourth-order valence-corrected chi connectivity index (χ4v) is 3.55. The van der Waals surface area contributed by atoms with Crippen LogP contribution in [-0.2, 0) is 11.3 Å². The molecule has 6 heteroatoms. The van der Waals surface area contributed by atoms with Gasteiger partial charge in [-0.2, -0.15) is 0 Å². The van der Waals surface area contributed by atoms with E-state index in [1.165, 1.54) is 5.56 Å². The predicted octanol–water partition coefficient (Wildman–Crippen LogP) is 2.96. The standard InChI is InChI=1S/C16H20ClN3OS/c17-15-4-2-1-3-14(15)16(20-5-7-21-8-6-20)10-18-9-13-11-22-12-19-13/h1-4,11-12,16,18H,5-10H2. The molecule has 2 heterocycles. The molecule has 4 nitrogen and oxygen atoms in total. The van der Waals surface area contributed by atoms with E-state index in [0.717, 1.165) is 50.1 Å². The number of nitrogens with one attached hydrogen (secondary N) is 1. The van der Waals surface area contributed by atoms with E-state index in [-0.39, 0.29) is 6.04 Å². The highest BCUT2D eigenvalue weighted by atomic mass is 35.5. The summed E-state index contributed by atoms with van der Waals surface area (Å²) in [6, 6.07) is 8.37. The lowest BCUT2D eigenvalue weighted by molar-refractivity contribution is 0.0161. The van der Waals surface area contributed by atoms with Gasteiger partial charge in [-0.15, -0.1) is 11.3 Å². The van der Waals surface area contributed by atoms with Crippen molar-refractivity contribution in [2.75, 3.05) is 32.8 Å². The molecule has 1 unspecified atom stereocenters. The Morgan fingerprint density at radius 3 is 2.86 bits per heavy atom. The highest BCUT2D eigenvalue weighted by Crippen LogP contribution is 2.27. The number of hydrogen-bond acceptors (Lipinski definition) is 5. The van der Waals surface area contributed by atoms with Gasteiger partial charge in [0.1, 0.15) is 0 Å². The molecule has 1 aliphatic rings. The van der Waals surface area contributed by atoms with Crippen molar-refractivity contribution in [2.24, 2.45) is 0 Å². The lowest BCUT2D eigenvalue weighted by Gasteiger charge is -2.35. The number of aromatic nitrogens is 1. The second-order valence-corrected chi connectivity index (χ2v) is 6.42. The maximum absolute atomic E-state index is 6.42. The second kappa shape index (κ2) is 8.04. The molecule has 118 valence electrons. The Labute approximate surface area is 140 Å². The Morgan fingerprint density at radius 1 is 1.32 bits per heavy atom. The topological polar surface area (TPSA) is 37.4 Å². The molecular formula is C16H20ClN3OS. The van der Waals surface area contributed by atoms with Crippen LogP contribution >= 0.6 is 22.9 Å². The predicted molar refractivity (Wildman–Crippen MR) is 90.4 cm³/mol. The number of nitrogens with zero attached hydrogens (tertiary/aromatic N) is 2. The quantitative estimate of drug-likeness (QED) is 0.879. The van der Waals surface area contributed by atoms with Gasteiger partial charge in [0, 0.05) is 42.6 Å². The summed E-state index contributed by atoms with van der Waals surface area (Å²) in [6.07, 6.45) is 0. The first kappa shape index (κ1) is 15.9. The van der Waals surface area contributed by atoms with E-state index >= 15 is 0 Å². The van der Waals surface area contributed by atoms with Crippen molar-refractivity contribution in [3.63, 3.8) is 0 Å². The van der Waals surface area contributed by atoms with Gasteiger partial charge in [-0.3, -0.25) is 4.90 Å². The van der Waals surface area contributed by atoms with Gasteiger partial charge in [-0.25, -0.2) is 4.98 Å². The van der Waals surface area contributed by atoms with Crippen LogP contribution in [0.4, 0.5) is 0 Å². The molecule has 0 aliphatic carbocycles. The van der Waals surface area contributed by atoms with Crippen molar-refractivity contribution in [1.82, 2.24) is 15.2 Å². The Bertz CT molecular complexity index is 573. The highest BCUT2D eigenvalue weighted by Gasteiger charge is 2.23. The zero-order chi connectivity index (χ0) is 15.2. The van der Waals surface area contributed by atoms with E-state index in [4.69, 9.17) is 16.3 Å². The van der Waals surface area contributed by atoms with Crippen molar-refractivity contribution in [3.8, 4) is 0 Å². The second-order valence-electron chi connectivity index (χ2n) is 5.30. The fraction of sp³-hybridized carbons (Fsp3) is 0.438. The molecule has 1 atom stereocenters. The van der Waals surface area contributed by atoms with Crippen LogP contribution in [0.5, 0.6) is 0 Å². The van der Waals surface area contributed by atoms with E-state index in [1.54, 1.807) is 11.3 Å². The molecule has 3 rings (SSSR count). The van der Waals surface area contributed by atoms with E-state index in [0.29, 0.717) is 0 Å². The number of benzene rings is 1. The molecule has 0 saturated carbocycles. The highest BCUT2D eigenvalue weighted by molar-refractivity contribution is 7.07. The first-order valence-corrected chi connectivity index (χ1v) is 8.80. The lowest BCUT2D eigenvalue weighted by Crippen LogP contribution is -2.42. The number of thiazole rings is 1. The van der Waals surface area contributed by atoms with Crippen molar-refractivity contribution in [2.45, 2.75) is 12.6 Å². The first-order chi connectivity index (χ1) is 10.8. The molecular weight excluding hydrogens is 318 g/mol. The van der Waals surface area contributed by atoms with Crippen LogP contribution in [0.3, 0.4) is 0 Å². The Kier molecular flexibility index (Phi) is 5.81. The summed E-state index contributed by atoms with van der Waals surface area (Å²) in [7, 11) is 0. The SMILES string of the molecule is Clc1ccccc1C(CNCc1cscn1)N1CCOCC1. The number of ether oxygens (including phenoxy) is 1. The summed E-state index contributed by atoms with van der Waals surface area (Å²) in [5.41, 5.74) is 4.13. The van der Waals surface area contributed by atoms with Gasteiger partial charge >= 0.3 is 0 Å². The van der Waals surface area contributed by atoms with Crippen molar-refractivity contribution in [3.05, 3.63) is 51.4 Å². The van der Waals surface area contributed by atoms with Crippen LogP contribution in [0.1, 0.15) is 17.3 Å². The van der Waals surface area contributed by atoms with Crippen LogP contribution in [0, 0.1) is 0 Å². The number of morpholine rings is 1. The molecule has 1 aromatic carbocycles. The molecule has 1 saturated heterocycles. The van der Waals surface area contributed by atoms with Gasteiger partial charge < -0.3 is 10.1 Å². The Morgan fingerprint density at radius 2 is 2.14 bits per heavy atom. The largest absolute Gasteiger partial charge is 0.379 e. The van der Waals surface area contributed by atoms with Gasteiger partial charge in [-0.05, 0) is 11.6 Å². The smallest absolute Gasteiger partial charge is 0.0795 e. The van der Waals surface area contributed by atoms with E-state index in [1.807, 2.05) is 17.6 Å². The first-order valence-electron chi connectivity index (χ1n) is 7.48. The fourth-order valence-electron chi connectivity index (χ4n) is 2.73. The Balaban J connectivity index is 1.69. The molecule has 22 heavy (non-hydrogen) atoms. The summed E-state index contributed by atoms with van der Waals surface area (Å²) in [6.45, 7) is 5.08. The minimum atomic E-state index is 0.260. The third kappa shape index (κ3) is 4.06. The number of rotatable bonds is 6. The van der Waals surface area contributed by atoms with Crippen LogP contribution in [0.25, 0.3) is 0 Å². The summed E-state index contributed by atoms with van der Waals surface area (Å²) >= 11 is 8.05. The minimum Gasteiger partial charge on any atom is -0.379 e. The third-order valence-electron chi connectivity index (χ3n) is 3.88. The summed E-state index contributed by atoms with van der Waals surface area (Å²) in [5.74, 6) is 0. The zero-order valence-electron chi connectivity index (χ0n) is 12.4. The van der Waals surface area contributed by atoms with E-state index in [9.17, 15) is 0 Å². The number of halogens is 1. The van der Waals surface area contributed by atoms with E-state index in [2.05, 4.69) is 32.7 Å². The van der Waals surface area contributed by atoms with Crippen molar-refractivity contribution < 1.29 is 4.74 Å². The zero-order valence-corrected chi connectivity index (χ0v) is 13.9. The molecule has 0 radical (unpaired) electrons. The van der Waals surface area contributed by atoms with Crippen LogP contribution in [-0.4, -0.2) is 42.7 Å². The van der Waals surface area contributed by atoms with Gasteiger partial charge in [0.2, 0.25) is 0 Å². The normalized spacial score (nSPS) is 17.5. The average Bonchev–Trinajstić information content (AvgIpc) is 3.07. The molecule has 1 fully saturated rings. The monoisotopic (exact) mass is 337 g/mol. The summed E-state index contributed by atoms with van der Waals surface area (Å²) in [5, 5.41) is 6.42. The molecule has 1 aliphatic heterocycles. The maximum Gasteiger partial charge on any atom is 0.0795 e. The van der Waals surface area contributed by atoms with Crippen LogP contribution in [0.15, 0.2) is 35.2 Å². The van der Waals surface area contributed by atoms with Gasteiger partial charge in [0.15, 0.2) is 0 Å². The van der Waals surface area contributed by atoms with Gasteiger partial charge in [0.05, 0.1) is 24.4 Å².